The van der Waals surface area contributed by atoms with E-state index in [-0.39, 0.29) is 11.1 Å². The summed E-state index contributed by atoms with van der Waals surface area (Å²) in [4.78, 5) is 0. The van der Waals surface area contributed by atoms with Gasteiger partial charge in [-0.1, -0.05) is 19.1 Å². The SMILES string of the molecule is CCC(Cl)CCc1ccc(OC(F)(F)F)cc1. The maximum absolute atomic E-state index is 11.9. The molecule has 0 fully saturated rings. The van der Waals surface area contributed by atoms with Crippen LogP contribution in [0.4, 0.5) is 13.2 Å². The van der Waals surface area contributed by atoms with Crippen molar-refractivity contribution in [1.82, 2.24) is 0 Å². The van der Waals surface area contributed by atoms with Gasteiger partial charge in [0.25, 0.3) is 0 Å². The van der Waals surface area contributed by atoms with Gasteiger partial charge in [0, 0.05) is 5.38 Å². The largest absolute Gasteiger partial charge is 0.573 e. The van der Waals surface area contributed by atoms with E-state index in [2.05, 4.69) is 4.74 Å². The Morgan fingerprint density at radius 1 is 1.24 bits per heavy atom. The zero-order valence-electron chi connectivity index (χ0n) is 9.43. The van der Waals surface area contributed by atoms with E-state index in [0.29, 0.717) is 0 Å². The molecule has 1 rings (SSSR count). The van der Waals surface area contributed by atoms with E-state index < -0.39 is 6.36 Å². The second-order valence-electron chi connectivity index (χ2n) is 3.74. The van der Waals surface area contributed by atoms with Gasteiger partial charge in [-0.3, -0.25) is 0 Å². The molecule has 96 valence electrons. The molecular weight excluding hydrogens is 253 g/mol. The molecule has 0 aromatic heterocycles. The standard InChI is InChI=1S/C12H14ClF3O/c1-2-10(13)6-3-9-4-7-11(8-5-9)17-12(14,15)16/h4-5,7-8,10H,2-3,6H2,1H3. The van der Waals surface area contributed by atoms with E-state index in [1.165, 1.54) is 12.1 Å². The summed E-state index contributed by atoms with van der Waals surface area (Å²) < 4.78 is 39.5. The third-order valence-electron chi connectivity index (χ3n) is 2.35. The highest BCUT2D eigenvalue weighted by atomic mass is 35.5. The van der Waals surface area contributed by atoms with Crippen LogP contribution in [0, 0.1) is 0 Å². The average Bonchev–Trinajstić information content (AvgIpc) is 2.25. The van der Waals surface area contributed by atoms with E-state index in [4.69, 9.17) is 11.6 Å². The van der Waals surface area contributed by atoms with Crippen molar-refractivity contribution in [2.75, 3.05) is 0 Å². The number of hydrogen-bond acceptors (Lipinski definition) is 1. The number of aryl methyl sites for hydroxylation is 1. The number of benzene rings is 1. The van der Waals surface area contributed by atoms with Crippen LogP contribution in [0.2, 0.25) is 0 Å². The molecule has 1 unspecified atom stereocenters. The predicted molar refractivity (Wildman–Crippen MR) is 61.4 cm³/mol. The minimum Gasteiger partial charge on any atom is -0.406 e. The molecule has 0 N–H and O–H groups in total. The van der Waals surface area contributed by atoms with Gasteiger partial charge in [-0.05, 0) is 37.0 Å². The number of halogens is 4. The van der Waals surface area contributed by atoms with Crippen molar-refractivity contribution >= 4 is 11.6 Å². The van der Waals surface area contributed by atoms with Crippen molar-refractivity contribution in [3.05, 3.63) is 29.8 Å². The fourth-order valence-corrected chi connectivity index (χ4v) is 1.49. The van der Waals surface area contributed by atoms with Gasteiger partial charge >= 0.3 is 6.36 Å². The Morgan fingerprint density at radius 3 is 2.29 bits per heavy atom. The van der Waals surface area contributed by atoms with Crippen LogP contribution in [-0.4, -0.2) is 11.7 Å². The van der Waals surface area contributed by atoms with Crippen LogP contribution >= 0.6 is 11.6 Å². The van der Waals surface area contributed by atoms with Gasteiger partial charge in [-0.2, -0.15) is 0 Å². The fourth-order valence-electron chi connectivity index (χ4n) is 1.39. The van der Waals surface area contributed by atoms with E-state index in [1.54, 1.807) is 12.1 Å². The van der Waals surface area contributed by atoms with E-state index in [1.807, 2.05) is 6.92 Å². The molecule has 0 aliphatic carbocycles. The molecule has 0 saturated heterocycles. The first kappa shape index (κ1) is 14.2. The lowest BCUT2D eigenvalue weighted by Gasteiger charge is -2.10. The molecule has 0 bridgehead atoms. The predicted octanol–water partition coefficient (Wildman–Crippen LogP) is 4.54. The van der Waals surface area contributed by atoms with Crippen LogP contribution in [0.3, 0.4) is 0 Å². The summed E-state index contributed by atoms with van der Waals surface area (Å²) in [6, 6.07) is 5.89. The second-order valence-corrected chi connectivity index (χ2v) is 4.35. The number of alkyl halides is 4. The van der Waals surface area contributed by atoms with Crippen molar-refractivity contribution in [1.29, 1.82) is 0 Å². The van der Waals surface area contributed by atoms with Crippen molar-refractivity contribution in [3.8, 4) is 5.75 Å². The first-order chi connectivity index (χ1) is 7.90. The molecule has 1 nitrogen and oxygen atoms in total. The van der Waals surface area contributed by atoms with Crippen LogP contribution in [-0.2, 0) is 6.42 Å². The quantitative estimate of drug-likeness (QED) is 0.711. The van der Waals surface area contributed by atoms with Crippen molar-refractivity contribution in [3.63, 3.8) is 0 Å². The molecular formula is C12H14ClF3O. The Bertz CT molecular complexity index is 335. The van der Waals surface area contributed by atoms with Crippen molar-refractivity contribution in [2.45, 2.75) is 37.9 Å². The summed E-state index contributed by atoms with van der Waals surface area (Å²) in [5.74, 6) is -0.195. The topological polar surface area (TPSA) is 9.23 Å². The van der Waals surface area contributed by atoms with Crippen LogP contribution in [0.15, 0.2) is 24.3 Å². The highest BCUT2D eigenvalue weighted by Crippen LogP contribution is 2.23. The third-order valence-corrected chi connectivity index (χ3v) is 2.87. The van der Waals surface area contributed by atoms with Gasteiger partial charge in [-0.15, -0.1) is 24.8 Å². The minimum atomic E-state index is -4.63. The van der Waals surface area contributed by atoms with E-state index in [0.717, 1.165) is 24.8 Å². The Hall–Kier alpha value is -0.900. The molecule has 1 atom stereocenters. The molecule has 1 aromatic carbocycles. The number of hydrogen-bond donors (Lipinski definition) is 0. The summed E-state index contributed by atoms with van der Waals surface area (Å²) >= 11 is 5.96. The maximum Gasteiger partial charge on any atom is 0.573 e. The molecule has 0 heterocycles. The van der Waals surface area contributed by atoms with Gasteiger partial charge in [0.1, 0.15) is 5.75 Å². The molecule has 0 saturated carbocycles. The molecule has 0 spiro atoms. The summed E-state index contributed by atoms with van der Waals surface area (Å²) in [6.45, 7) is 2.00. The van der Waals surface area contributed by atoms with Gasteiger partial charge in [0.05, 0.1) is 0 Å². The normalized spacial score (nSPS) is 13.5. The van der Waals surface area contributed by atoms with Gasteiger partial charge in [0.15, 0.2) is 0 Å². The minimum absolute atomic E-state index is 0.112. The molecule has 1 aromatic rings. The highest BCUT2D eigenvalue weighted by molar-refractivity contribution is 6.20. The Labute approximate surface area is 104 Å². The Morgan fingerprint density at radius 2 is 1.82 bits per heavy atom. The summed E-state index contributed by atoms with van der Waals surface area (Å²) in [5.41, 5.74) is 0.957. The molecule has 5 heteroatoms. The molecule has 0 aliphatic heterocycles. The van der Waals surface area contributed by atoms with Crippen LogP contribution in [0.1, 0.15) is 25.3 Å². The molecule has 17 heavy (non-hydrogen) atoms. The van der Waals surface area contributed by atoms with E-state index >= 15 is 0 Å². The smallest absolute Gasteiger partial charge is 0.406 e. The first-order valence-corrected chi connectivity index (χ1v) is 5.83. The van der Waals surface area contributed by atoms with Crippen LogP contribution in [0.25, 0.3) is 0 Å². The third kappa shape index (κ3) is 5.82. The summed E-state index contributed by atoms with van der Waals surface area (Å²) in [5, 5.41) is 0.112. The van der Waals surface area contributed by atoms with E-state index in [9.17, 15) is 13.2 Å². The van der Waals surface area contributed by atoms with Gasteiger partial charge < -0.3 is 4.74 Å². The lowest BCUT2D eigenvalue weighted by molar-refractivity contribution is -0.274. The lowest BCUT2D eigenvalue weighted by Crippen LogP contribution is -2.17. The van der Waals surface area contributed by atoms with Gasteiger partial charge in [-0.25, -0.2) is 0 Å². The Balaban J connectivity index is 2.50. The summed E-state index contributed by atoms with van der Waals surface area (Å²) in [7, 11) is 0. The maximum atomic E-state index is 11.9. The van der Waals surface area contributed by atoms with Crippen LogP contribution in [0.5, 0.6) is 5.75 Å². The first-order valence-electron chi connectivity index (χ1n) is 5.39. The van der Waals surface area contributed by atoms with Gasteiger partial charge in [0.2, 0.25) is 0 Å². The monoisotopic (exact) mass is 266 g/mol. The summed E-state index contributed by atoms with van der Waals surface area (Å²) in [6.07, 6.45) is -2.17. The highest BCUT2D eigenvalue weighted by Gasteiger charge is 2.30. The number of ether oxygens (including phenoxy) is 1. The zero-order valence-corrected chi connectivity index (χ0v) is 10.2. The molecule has 0 radical (unpaired) electrons. The zero-order chi connectivity index (χ0) is 12.9. The average molecular weight is 267 g/mol. The van der Waals surface area contributed by atoms with Crippen LogP contribution < -0.4 is 4.74 Å². The lowest BCUT2D eigenvalue weighted by atomic mass is 10.1. The fraction of sp³-hybridized carbons (Fsp3) is 0.500. The number of rotatable bonds is 5. The Kier molecular flexibility index (Phi) is 5.12. The van der Waals surface area contributed by atoms with Crippen molar-refractivity contribution in [2.24, 2.45) is 0 Å². The molecule has 0 amide bonds. The second kappa shape index (κ2) is 6.15. The van der Waals surface area contributed by atoms with Crippen molar-refractivity contribution < 1.29 is 17.9 Å². The molecule has 0 aliphatic rings.